The summed E-state index contributed by atoms with van der Waals surface area (Å²) in [5.41, 5.74) is -0.120. The number of fused-ring (bicyclic) bond motifs is 7. The highest BCUT2D eigenvalue weighted by atomic mass is 16.3. The van der Waals surface area contributed by atoms with Crippen molar-refractivity contribution in [3.8, 4) is 0 Å². The van der Waals surface area contributed by atoms with Crippen molar-refractivity contribution in [1.29, 1.82) is 0 Å². The maximum absolute atomic E-state index is 12.3. The van der Waals surface area contributed by atoms with Gasteiger partial charge in [-0.25, -0.2) is 0 Å². The van der Waals surface area contributed by atoms with Gasteiger partial charge in [0.15, 0.2) is 11.6 Å². The van der Waals surface area contributed by atoms with E-state index in [4.69, 9.17) is 0 Å². The smallest absolute Gasteiger partial charge is 0.161 e. The number of ketones is 2. The van der Waals surface area contributed by atoms with Crippen LogP contribution in [-0.2, 0) is 9.59 Å². The average molecular weight is 340 g/mol. The van der Waals surface area contributed by atoms with Crippen molar-refractivity contribution in [2.24, 2.45) is 40.4 Å². The number of hydrogen-bond donors (Lipinski definition) is 1. The molecule has 1 N–H and O–H groups in total. The van der Waals surface area contributed by atoms with Gasteiger partial charge in [0.2, 0.25) is 0 Å². The van der Waals surface area contributed by atoms with E-state index in [-0.39, 0.29) is 22.5 Å². The van der Waals surface area contributed by atoms with Gasteiger partial charge in [-0.15, -0.1) is 0 Å². The molecule has 0 aromatic heterocycles. The Morgan fingerprint density at radius 1 is 1.16 bits per heavy atom. The lowest BCUT2D eigenvalue weighted by Gasteiger charge is -2.57. The quantitative estimate of drug-likeness (QED) is 0.795. The first kappa shape index (κ1) is 16.0. The van der Waals surface area contributed by atoms with E-state index in [1.165, 1.54) is 5.57 Å². The summed E-state index contributed by atoms with van der Waals surface area (Å²) >= 11 is 0. The molecule has 0 bridgehead atoms. The maximum Gasteiger partial charge on any atom is 0.161 e. The van der Waals surface area contributed by atoms with Crippen LogP contribution in [0.25, 0.3) is 0 Å². The standard InChI is InChI=1S/C22H28O3/c1-12(23)22(25)9-7-16-14-5-4-13-10-19(24)15-11-18(15)21(13,3)17(14)6-8-20(16,22)2/h4-5,10,14-18,25H,6-9,11H2,1-3H3/t14-,15+,16-,17-,18-,20-,21-,22-/m0/s1. The van der Waals surface area contributed by atoms with Crippen LogP contribution < -0.4 is 0 Å². The molecule has 3 heteroatoms. The lowest BCUT2D eigenvalue weighted by molar-refractivity contribution is -0.156. The van der Waals surface area contributed by atoms with E-state index in [9.17, 15) is 14.7 Å². The van der Waals surface area contributed by atoms with Crippen LogP contribution >= 0.6 is 0 Å². The minimum Gasteiger partial charge on any atom is -0.382 e. The third-order valence-electron chi connectivity index (χ3n) is 9.18. The van der Waals surface area contributed by atoms with E-state index >= 15 is 0 Å². The number of rotatable bonds is 1. The lowest BCUT2D eigenvalue weighted by Crippen LogP contribution is -2.56. The van der Waals surface area contributed by atoms with Crippen LogP contribution in [0.15, 0.2) is 23.8 Å². The first-order chi connectivity index (χ1) is 11.7. The maximum atomic E-state index is 12.3. The molecule has 0 amide bonds. The van der Waals surface area contributed by atoms with E-state index in [0.29, 0.717) is 35.9 Å². The van der Waals surface area contributed by atoms with Gasteiger partial charge in [0.1, 0.15) is 5.60 Å². The lowest BCUT2D eigenvalue weighted by atomic mass is 9.47. The summed E-state index contributed by atoms with van der Waals surface area (Å²) in [6.07, 6.45) is 11.0. The van der Waals surface area contributed by atoms with E-state index in [1.54, 1.807) is 6.92 Å². The molecule has 3 saturated carbocycles. The van der Waals surface area contributed by atoms with Gasteiger partial charge in [-0.3, -0.25) is 9.59 Å². The second-order valence-corrected chi connectivity index (χ2v) is 9.79. The Kier molecular flexibility index (Phi) is 2.90. The molecule has 0 spiro atoms. The Balaban J connectivity index is 1.58. The summed E-state index contributed by atoms with van der Waals surface area (Å²) in [7, 11) is 0. The Morgan fingerprint density at radius 3 is 2.60 bits per heavy atom. The van der Waals surface area contributed by atoms with Crippen molar-refractivity contribution in [3.63, 3.8) is 0 Å². The minimum atomic E-state index is -1.15. The molecule has 5 aliphatic carbocycles. The highest BCUT2D eigenvalue weighted by Crippen LogP contribution is 2.70. The van der Waals surface area contributed by atoms with Crippen LogP contribution in [-0.4, -0.2) is 22.3 Å². The highest BCUT2D eigenvalue weighted by Gasteiger charge is 2.68. The van der Waals surface area contributed by atoms with Gasteiger partial charge in [0.05, 0.1) is 0 Å². The molecule has 0 aromatic carbocycles. The molecule has 0 saturated heterocycles. The zero-order valence-corrected chi connectivity index (χ0v) is 15.4. The normalized spacial score (nSPS) is 55.6. The van der Waals surface area contributed by atoms with Crippen LogP contribution in [0, 0.1) is 40.4 Å². The van der Waals surface area contributed by atoms with Crippen molar-refractivity contribution < 1.29 is 14.7 Å². The molecule has 5 aliphatic rings. The zero-order chi connectivity index (χ0) is 17.8. The number of aliphatic hydroxyl groups is 1. The Hall–Kier alpha value is -1.22. The molecular weight excluding hydrogens is 312 g/mol. The Bertz CT molecular complexity index is 748. The number of hydrogen-bond acceptors (Lipinski definition) is 3. The molecule has 3 fully saturated rings. The summed E-state index contributed by atoms with van der Waals surface area (Å²) in [6.45, 7) is 6.08. The molecular formula is C22H28O3. The fourth-order valence-electron chi connectivity index (χ4n) is 7.49. The summed E-state index contributed by atoms with van der Waals surface area (Å²) in [6, 6.07) is 0. The third kappa shape index (κ3) is 1.67. The Morgan fingerprint density at radius 2 is 1.88 bits per heavy atom. The number of allylic oxidation sites excluding steroid dienone is 4. The van der Waals surface area contributed by atoms with Crippen molar-refractivity contribution in [1.82, 2.24) is 0 Å². The minimum absolute atomic E-state index is 0.0620. The summed E-state index contributed by atoms with van der Waals surface area (Å²) < 4.78 is 0. The fourth-order valence-corrected chi connectivity index (χ4v) is 7.49. The fraction of sp³-hybridized carbons (Fsp3) is 0.727. The van der Waals surface area contributed by atoms with Crippen LogP contribution in [0.3, 0.4) is 0 Å². The molecule has 134 valence electrons. The molecule has 0 radical (unpaired) electrons. The zero-order valence-electron chi connectivity index (χ0n) is 15.4. The predicted octanol–water partition coefficient (Wildman–Crippen LogP) is 3.47. The van der Waals surface area contributed by atoms with Gasteiger partial charge in [-0.2, -0.15) is 0 Å². The van der Waals surface area contributed by atoms with Gasteiger partial charge in [-0.05, 0) is 79.8 Å². The SMILES string of the molecule is CC(=O)[C@@]1(O)CC[C@H]2[C@@H]3C=CC4=CC(=O)[C@@H]5C[C@@H]5[C@]4(C)[C@H]3CC[C@@]21C. The number of carbonyl (C=O) groups excluding carboxylic acids is 2. The van der Waals surface area contributed by atoms with Gasteiger partial charge in [-0.1, -0.05) is 26.0 Å². The monoisotopic (exact) mass is 340 g/mol. The predicted molar refractivity (Wildman–Crippen MR) is 94.6 cm³/mol. The molecule has 3 nitrogen and oxygen atoms in total. The topological polar surface area (TPSA) is 54.4 Å². The molecule has 8 atom stereocenters. The van der Waals surface area contributed by atoms with Gasteiger partial charge >= 0.3 is 0 Å². The van der Waals surface area contributed by atoms with Crippen molar-refractivity contribution in [2.75, 3.05) is 0 Å². The summed E-state index contributed by atoms with van der Waals surface area (Å²) in [5, 5.41) is 11.2. The van der Waals surface area contributed by atoms with Gasteiger partial charge in [0.25, 0.3) is 0 Å². The molecule has 0 unspecified atom stereocenters. The van der Waals surface area contributed by atoms with Crippen molar-refractivity contribution in [2.45, 2.75) is 58.5 Å². The summed E-state index contributed by atoms with van der Waals surface area (Å²) in [5.74, 6) is 2.36. The first-order valence-electron chi connectivity index (χ1n) is 9.91. The first-order valence-corrected chi connectivity index (χ1v) is 9.91. The molecule has 0 aromatic rings. The van der Waals surface area contributed by atoms with Crippen LogP contribution in [0.5, 0.6) is 0 Å². The van der Waals surface area contributed by atoms with Crippen molar-refractivity contribution >= 4 is 11.6 Å². The second-order valence-electron chi connectivity index (χ2n) is 9.79. The number of carbonyl (C=O) groups is 2. The molecule has 25 heavy (non-hydrogen) atoms. The molecule has 0 heterocycles. The summed E-state index contributed by atoms with van der Waals surface area (Å²) in [4.78, 5) is 24.5. The highest BCUT2D eigenvalue weighted by molar-refractivity contribution is 5.97. The third-order valence-corrected chi connectivity index (χ3v) is 9.18. The second kappa shape index (κ2) is 4.54. The molecule has 0 aliphatic heterocycles. The van der Waals surface area contributed by atoms with E-state index in [1.807, 2.05) is 6.08 Å². The Labute approximate surface area is 149 Å². The van der Waals surface area contributed by atoms with E-state index < -0.39 is 5.60 Å². The average Bonchev–Trinajstić information content (AvgIpc) is 3.32. The van der Waals surface area contributed by atoms with E-state index in [2.05, 4.69) is 26.0 Å². The van der Waals surface area contributed by atoms with Crippen LogP contribution in [0.1, 0.15) is 52.9 Å². The van der Waals surface area contributed by atoms with Gasteiger partial charge < -0.3 is 5.11 Å². The van der Waals surface area contributed by atoms with Crippen LogP contribution in [0.2, 0.25) is 0 Å². The van der Waals surface area contributed by atoms with Crippen LogP contribution in [0.4, 0.5) is 0 Å². The largest absolute Gasteiger partial charge is 0.382 e. The van der Waals surface area contributed by atoms with Crippen molar-refractivity contribution in [3.05, 3.63) is 23.8 Å². The number of Topliss-reactive ketones (excluding diaryl/α,β-unsaturated/α-hetero) is 1. The molecule has 5 rings (SSSR count). The van der Waals surface area contributed by atoms with E-state index in [0.717, 1.165) is 25.7 Å². The van der Waals surface area contributed by atoms with Gasteiger partial charge in [0, 0.05) is 11.3 Å².